The van der Waals surface area contributed by atoms with Crippen LogP contribution in [0.25, 0.3) is 6.08 Å². The van der Waals surface area contributed by atoms with Crippen molar-refractivity contribution in [1.29, 1.82) is 0 Å². The molecule has 1 heterocycles. The second-order valence-corrected chi connectivity index (χ2v) is 8.29. The number of esters is 1. The van der Waals surface area contributed by atoms with Crippen LogP contribution in [0, 0.1) is 0 Å². The van der Waals surface area contributed by atoms with E-state index in [0.29, 0.717) is 38.2 Å². The molecule has 0 bridgehead atoms. The van der Waals surface area contributed by atoms with Gasteiger partial charge in [0.25, 0.3) is 0 Å². The third-order valence-corrected chi connectivity index (χ3v) is 4.63. The summed E-state index contributed by atoms with van der Waals surface area (Å²) in [6, 6.07) is 7.03. The van der Waals surface area contributed by atoms with Crippen LogP contribution in [0.1, 0.15) is 46.1 Å². The minimum absolute atomic E-state index is 0.291. The van der Waals surface area contributed by atoms with Crippen LogP contribution >= 0.6 is 0 Å². The van der Waals surface area contributed by atoms with E-state index in [-0.39, 0.29) is 5.91 Å². The molecule has 1 fully saturated rings. The molecular formula is C22H31N3O5. The lowest BCUT2D eigenvalue weighted by molar-refractivity contribution is -0.137. The Morgan fingerprint density at radius 2 is 1.77 bits per heavy atom. The first-order chi connectivity index (χ1) is 14.0. The van der Waals surface area contributed by atoms with Crippen LogP contribution in [0.3, 0.4) is 0 Å². The second-order valence-electron chi connectivity index (χ2n) is 8.29. The number of carbonyl (C=O) groups is 3. The number of nitrogens with zero attached hydrogens (tertiary/aromatic N) is 1. The number of benzene rings is 1. The molecule has 0 aliphatic carbocycles. The smallest absolute Gasteiger partial charge is 0.410 e. The van der Waals surface area contributed by atoms with Gasteiger partial charge in [-0.1, -0.05) is 12.1 Å². The average molecular weight is 418 g/mol. The van der Waals surface area contributed by atoms with Crippen molar-refractivity contribution in [1.82, 2.24) is 4.90 Å². The summed E-state index contributed by atoms with van der Waals surface area (Å²) in [4.78, 5) is 37.8. The fraction of sp³-hybridized carbons (Fsp3) is 0.500. The molecule has 0 atom stereocenters. The normalized spacial score (nSPS) is 16.2. The molecule has 1 aliphatic heterocycles. The van der Waals surface area contributed by atoms with E-state index in [2.05, 4.69) is 5.32 Å². The van der Waals surface area contributed by atoms with Crippen molar-refractivity contribution in [2.75, 3.05) is 25.0 Å². The number of nitrogens with one attached hydrogen (secondary N) is 1. The molecule has 0 unspecified atom stereocenters. The second kappa shape index (κ2) is 9.75. The summed E-state index contributed by atoms with van der Waals surface area (Å²) < 4.78 is 10.2. The van der Waals surface area contributed by atoms with Crippen LogP contribution in [-0.4, -0.2) is 53.7 Å². The third-order valence-electron chi connectivity index (χ3n) is 4.63. The summed E-state index contributed by atoms with van der Waals surface area (Å²) in [5, 5.41) is 2.83. The van der Waals surface area contributed by atoms with Gasteiger partial charge in [-0.25, -0.2) is 9.59 Å². The molecule has 0 spiro atoms. The summed E-state index contributed by atoms with van der Waals surface area (Å²) in [6.07, 6.45) is 3.29. The molecule has 0 radical (unpaired) electrons. The topological polar surface area (TPSA) is 111 Å². The summed E-state index contributed by atoms with van der Waals surface area (Å²) in [5.74, 6) is -0.696. The Labute approximate surface area is 177 Å². The van der Waals surface area contributed by atoms with Gasteiger partial charge in [-0.15, -0.1) is 0 Å². The highest BCUT2D eigenvalue weighted by Crippen LogP contribution is 2.23. The number of likely N-dealkylation sites (tertiary alicyclic amines) is 1. The van der Waals surface area contributed by atoms with E-state index in [4.69, 9.17) is 15.2 Å². The van der Waals surface area contributed by atoms with Crippen LogP contribution in [0.4, 0.5) is 10.5 Å². The number of carbonyl (C=O) groups excluding carboxylic acids is 3. The Kier molecular flexibility index (Phi) is 7.61. The molecule has 1 saturated heterocycles. The number of nitrogens with two attached hydrogens (primary N) is 1. The molecule has 2 amide bonds. The Morgan fingerprint density at radius 3 is 2.30 bits per heavy atom. The number of amides is 2. The lowest BCUT2D eigenvalue weighted by atomic mass is 9.87. The molecule has 3 N–H and O–H groups in total. The molecule has 2 rings (SSSR count). The number of ether oxygens (including phenoxy) is 2. The number of rotatable bonds is 5. The van der Waals surface area contributed by atoms with E-state index in [1.807, 2.05) is 20.8 Å². The first-order valence-electron chi connectivity index (χ1n) is 10.1. The van der Waals surface area contributed by atoms with Crippen molar-refractivity contribution in [2.45, 2.75) is 51.7 Å². The zero-order valence-corrected chi connectivity index (χ0v) is 18.1. The highest BCUT2D eigenvalue weighted by molar-refractivity contribution is 5.98. The molecule has 164 valence electrons. The van der Waals surface area contributed by atoms with Gasteiger partial charge in [-0.3, -0.25) is 4.79 Å². The minimum Gasteiger partial charge on any atom is -0.463 e. The molecule has 1 aromatic carbocycles. The predicted octanol–water partition coefficient (Wildman–Crippen LogP) is 2.93. The summed E-state index contributed by atoms with van der Waals surface area (Å²) in [5.41, 5.74) is 6.11. The molecule has 30 heavy (non-hydrogen) atoms. The van der Waals surface area contributed by atoms with Gasteiger partial charge in [0.2, 0.25) is 5.91 Å². The van der Waals surface area contributed by atoms with E-state index in [1.54, 1.807) is 42.2 Å². The first kappa shape index (κ1) is 23.4. The van der Waals surface area contributed by atoms with Crippen molar-refractivity contribution < 1.29 is 23.9 Å². The fourth-order valence-electron chi connectivity index (χ4n) is 2.93. The van der Waals surface area contributed by atoms with Crippen molar-refractivity contribution in [3.8, 4) is 0 Å². The van der Waals surface area contributed by atoms with E-state index in [9.17, 15) is 14.4 Å². The van der Waals surface area contributed by atoms with E-state index in [1.165, 1.54) is 6.08 Å². The molecule has 8 nitrogen and oxygen atoms in total. The Hall–Kier alpha value is -2.87. The maximum absolute atomic E-state index is 12.7. The van der Waals surface area contributed by atoms with E-state index in [0.717, 1.165) is 5.56 Å². The zero-order chi connectivity index (χ0) is 22.4. The molecule has 0 aromatic heterocycles. The van der Waals surface area contributed by atoms with Crippen molar-refractivity contribution in [3.05, 3.63) is 35.9 Å². The van der Waals surface area contributed by atoms with E-state index >= 15 is 0 Å². The molecular weight excluding hydrogens is 386 g/mol. The van der Waals surface area contributed by atoms with Gasteiger partial charge in [0.1, 0.15) is 5.60 Å². The Balaban J connectivity index is 1.90. The minimum atomic E-state index is -1.05. The monoisotopic (exact) mass is 417 g/mol. The first-order valence-corrected chi connectivity index (χ1v) is 10.1. The quantitative estimate of drug-likeness (QED) is 0.563. The van der Waals surface area contributed by atoms with Gasteiger partial charge in [0, 0.05) is 24.9 Å². The van der Waals surface area contributed by atoms with Crippen LogP contribution in [0.2, 0.25) is 0 Å². The lowest BCUT2D eigenvalue weighted by Crippen LogP contribution is -2.58. The van der Waals surface area contributed by atoms with Gasteiger partial charge in [0.15, 0.2) is 0 Å². The SMILES string of the molecule is CCOC(=O)C=Cc1ccc(NC(=O)C2(N)CCN(C(=O)OC(C)(C)C)CC2)cc1. The van der Waals surface area contributed by atoms with Gasteiger partial charge >= 0.3 is 12.1 Å². The summed E-state index contributed by atoms with van der Waals surface area (Å²) >= 11 is 0. The van der Waals surface area contributed by atoms with Crippen LogP contribution < -0.4 is 11.1 Å². The standard InChI is InChI=1S/C22H31N3O5/c1-5-29-18(26)11-8-16-6-9-17(10-7-16)24-19(27)22(23)12-14-25(15-13-22)20(28)30-21(2,3)4/h6-11H,5,12-15,23H2,1-4H3,(H,24,27). The summed E-state index contributed by atoms with van der Waals surface area (Å²) in [6.45, 7) is 8.22. The summed E-state index contributed by atoms with van der Waals surface area (Å²) in [7, 11) is 0. The Bertz CT molecular complexity index is 788. The van der Waals surface area contributed by atoms with Gasteiger partial charge in [-0.05, 0) is 64.3 Å². The molecule has 8 heteroatoms. The third kappa shape index (κ3) is 6.88. The van der Waals surface area contributed by atoms with Crippen molar-refractivity contribution in [3.63, 3.8) is 0 Å². The van der Waals surface area contributed by atoms with E-state index < -0.39 is 23.2 Å². The highest BCUT2D eigenvalue weighted by atomic mass is 16.6. The molecule has 0 saturated carbocycles. The Morgan fingerprint density at radius 1 is 1.17 bits per heavy atom. The maximum Gasteiger partial charge on any atom is 0.410 e. The van der Waals surface area contributed by atoms with Crippen LogP contribution in [0.5, 0.6) is 0 Å². The average Bonchev–Trinajstić information content (AvgIpc) is 2.67. The van der Waals surface area contributed by atoms with Gasteiger partial charge in [0.05, 0.1) is 12.1 Å². The van der Waals surface area contributed by atoms with Crippen LogP contribution in [-0.2, 0) is 19.1 Å². The van der Waals surface area contributed by atoms with Crippen molar-refractivity contribution in [2.24, 2.45) is 5.73 Å². The number of piperidine rings is 1. The lowest BCUT2D eigenvalue weighted by Gasteiger charge is -2.38. The maximum atomic E-state index is 12.7. The number of anilines is 1. The fourth-order valence-corrected chi connectivity index (χ4v) is 2.93. The number of hydrogen-bond donors (Lipinski definition) is 2. The van der Waals surface area contributed by atoms with Gasteiger partial charge < -0.3 is 25.4 Å². The zero-order valence-electron chi connectivity index (χ0n) is 18.1. The van der Waals surface area contributed by atoms with Crippen LogP contribution in [0.15, 0.2) is 30.3 Å². The van der Waals surface area contributed by atoms with Crippen molar-refractivity contribution >= 4 is 29.7 Å². The highest BCUT2D eigenvalue weighted by Gasteiger charge is 2.39. The number of hydrogen-bond acceptors (Lipinski definition) is 6. The van der Waals surface area contributed by atoms with Gasteiger partial charge in [-0.2, -0.15) is 0 Å². The predicted molar refractivity (Wildman–Crippen MR) is 115 cm³/mol. The molecule has 1 aromatic rings. The molecule has 1 aliphatic rings. The largest absolute Gasteiger partial charge is 0.463 e.